The minimum absolute atomic E-state index is 0.176. The summed E-state index contributed by atoms with van der Waals surface area (Å²) < 4.78 is 5.25. The largest absolute Gasteiger partial charge is 0.443 e. The van der Waals surface area contributed by atoms with Crippen LogP contribution in [0.15, 0.2) is 12.3 Å². The van der Waals surface area contributed by atoms with Crippen LogP contribution in [0.2, 0.25) is 0 Å². The molecule has 0 aromatic heterocycles. The van der Waals surface area contributed by atoms with Crippen LogP contribution < -0.4 is 0 Å². The average molecular weight is 248 g/mol. The Balaban J connectivity index is 2.79. The Morgan fingerprint density at radius 1 is 1.62 bits per heavy atom. The number of alkyl halides is 1. The van der Waals surface area contributed by atoms with Gasteiger partial charge < -0.3 is 9.84 Å². The number of rotatable bonds is 2. The van der Waals surface area contributed by atoms with Gasteiger partial charge in [0.15, 0.2) is 0 Å². The summed E-state index contributed by atoms with van der Waals surface area (Å²) >= 11 is 5.83. The van der Waals surface area contributed by atoms with Crippen LogP contribution in [0.4, 0.5) is 4.79 Å². The molecule has 0 aromatic carbocycles. The molecule has 1 amide bonds. The summed E-state index contributed by atoms with van der Waals surface area (Å²) in [5.74, 6) is 0.176. The first-order valence-electron chi connectivity index (χ1n) is 5.20. The quantitative estimate of drug-likeness (QED) is 0.761. The normalized spacial score (nSPS) is 24.9. The summed E-state index contributed by atoms with van der Waals surface area (Å²) in [5, 5.41) is 9.36. The third-order valence-corrected chi connectivity index (χ3v) is 2.89. The maximum absolute atomic E-state index is 11.9. The Kier molecular flexibility index (Phi) is 3.86. The molecule has 5 heteroatoms. The molecule has 0 fully saturated rings. The number of amides is 1. The van der Waals surface area contributed by atoms with Gasteiger partial charge in [0.05, 0.1) is 12.1 Å². The predicted octanol–water partition coefficient (Wildman–Crippen LogP) is 2.11. The van der Waals surface area contributed by atoms with E-state index in [4.69, 9.17) is 16.3 Å². The van der Waals surface area contributed by atoms with Crippen molar-refractivity contribution < 1.29 is 14.6 Å². The molecule has 0 spiro atoms. The van der Waals surface area contributed by atoms with Crippen molar-refractivity contribution >= 4 is 17.7 Å². The molecule has 1 atom stereocenters. The van der Waals surface area contributed by atoms with Gasteiger partial charge in [-0.1, -0.05) is 6.08 Å². The second-order valence-corrected chi connectivity index (χ2v) is 5.22. The topological polar surface area (TPSA) is 49.8 Å². The maximum Gasteiger partial charge on any atom is 0.414 e. The predicted molar refractivity (Wildman–Crippen MR) is 62.4 cm³/mol. The zero-order valence-corrected chi connectivity index (χ0v) is 10.6. The summed E-state index contributed by atoms with van der Waals surface area (Å²) in [6, 6.07) is 0. The standard InChI is InChI=1S/C11H18ClNO3/c1-10(2,3)16-9(15)13-6-4-5-11(13,7-12)8-14/h4,6,14H,5,7-8H2,1-3H3. The van der Waals surface area contributed by atoms with E-state index in [2.05, 4.69) is 0 Å². The Bertz CT molecular complexity index is 292. The number of ether oxygens (including phenoxy) is 1. The lowest BCUT2D eigenvalue weighted by Crippen LogP contribution is -2.51. The lowest BCUT2D eigenvalue weighted by molar-refractivity contribution is 0.00865. The van der Waals surface area contributed by atoms with Crippen molar-refractivity contribution in [2.45, 2.75) is 38.3 Å². The Hall–Kier alpha value is -0.740. The van der Waals surface area contributed by atoms with Crippen LogP contribution >= 0.6 is 11.6 Å². The molecule has 0 aliphatic carbocycles. The van der Waals surface area contributed by atoms with E-state index in [0.29, 0.717) is 6.42 Å². The molecule has 1 N–H and O–H groups in total. The second-order valence-electron chi connectivity index (χ2n) is 4.96. The Morgan fingerprint density at radius 2 is 2.25 bits per heavy atom. The minimum Gasteiger partial charge on any atom is -0.443 e. The van der Waals surface area contributed by atoms with E-state index < -0.39 is 17.2 Å². The van der Waals surface area contributed by atoms with E-state index in [1.807, 2.05) is 6.08 Å². The zero-order valence-electron chi connectivity index (χ0n) is 9.86. The monoisotopic (exact) mass is 247 g/mol. The molecular formula is C11H18ClNO3. The number of carbonyl (C=O) groups excluding carboxylic acids is 1. The third kappa shape index (κ3) is 2.68. The Labute approximate surface area is 101 Å². The highest BCUT2D eigenvalue weighted by Crippen LogP contribution is 2.29. The molecule has 1 aliphatic heterocycles. The van der Waals surface area contributed by atoms with Crippen LogP contribution in [-0.2, 0) is 4.74 Å². The van der Waals surface area contributed by atoms with Gasteiger partial charge in [-0.15, -0.1) is 11.6 Å². The molecule has 0 radical (unpaired) electrons. The first-order chi connectivity index (χ1) is 7.34. The van der Waals surface area contributed by atoms with Gasteiger partial charge >= 0.3 is 6.09 Å². The molecular weight excluding hydrogens is 230 g/mol. The van der Waals surface area contributed by atoms with Crippen LogP contribution in [0.1, 0.15) is 27.2 Å². The molecule has 0 bridgehead atoms. The fraction of sp³-hybridized carbons (Fsp3) is 0.727. The Morgan fingerprint density at radius 3 is 2.69 bits per heavy atom. The van der Waals surface area contributed by atoms with E-state index in [1.54, 1.807) is 27.0 Å². The molecule has 1 unspecified atom stereocenters. The van der Waals surface area contributed by atoms with Crippen molar-refractivity contribution in [3.05, 3.63) is 12.3 Å². The van der Waals surface area contributed by atoms with E-state index in [1.165, 1.54) is 4.90 Å². The van der Waals surface area contributed by atoms with Crippen LogP contribution in [-0.4, -0.2) is 39.7 Å². The summed E-state index contributed by atoms with van der Waals surface area (Å²) in [6.07, 6.45) is 3.50. The van der Waals surface area contributed by atoms with Crippen molar-refractivity contribution in [2.75, 3.05) is 12.5 Å². The number of aliphatic hydroxyl groups excluding tert-OH is 1. The van der Waals surface area contributed by atoms with Crippen molar-refractivity contribution in [3.63, 3.8) is 0 Å². The number of carbonyl (C=O) groups is 1. The number of nitrogens with zero attached hydrogens (tertiary/aromatic N) is 1. The summed E-state index contributed by atoms with van der Waals surface area (Å²) in [4.78, 5) is 13.3. The minimum atomic E-state index is -0.746. The van der Waals surface area contributed by atoms with Crippen molar-refractivity contribution in [2.24, 2.45) is 0 Å². The van der Waals surface area contributed by atoms with E-state index >= 15 is 0 Å². The highest BCUT2D eigenvalue weighted by atomic mass is 35.5. The van der Waals surface area contributed by atoms with Gasteiger partial charge in [0.25, 0.3) is 0 Å². The van der Waals surface area contributed by atoms with Gasteiger partial charge in [-0.05, 0) is 27.2 Å². The molecule has 1 aliphatic rings. The molecule has 0 saturated heterocycles. The maximum atomic E-state index is 11.9. The fourth-order valence-electron chi connectivity index (χ4n) is 1.50. The molecule has 92 valence electrons. The zero-order chi connectivity index (χ0) is 12.4. The van der Waals surface area contributed by atoms with Crippen LogP contribution in [0.5, 0.6) is 0 Å². The fourth-order valence-corrected chi connectivity index (χ4v) is 1.82. The summed E-state index contributed by atoms with van der Waals surface area (Å²) in [5.41, 5.74) is -1.30. The highest BCUT2D eigenvalue weighted by Gasteiger charge is 2.41. The van der Waals surface area contributed by atoms with Crippen molar-refractivity contribution in [3.8, 4) is 0 Å². The second kappa shape index (κ2) is 4.63. The molecule has 16 heavy (non-hydrogen) atoms. The van der Waals surface area contributed by atoms with Crippen molar-refractivity contribution in [1.82, 2.24) is 4.90 Å². The SMILES string of the molecule is CC(C)(C)OC(=O)N1C=CCC1(CO)CCl. The van der Waals surface area contributed by atoms with Crippen LogP contribution in [0.25, 0.3) is 0 Å². The molecule has 0 saturated carbocycles. The summed E-state index contributed by atoms with van der Waals surface area (Å²) in [6.45, 7) is 5.22. The van der Waals surface area contributed by atoms with E-state index in [0.717, 1.165) is 0 Å². The number of aliphatic hydroxyl groups is 1. The van der Waals surface area contributed by atoms with Crippen molar-refractivity contribution in [1.29, 1.82) is 0 Å². The molecule has 1 rings (SSSR count). The molecule has 4 nitrogen and oxygen atoms in total. The number of halogens is 1. The van der Waals surface area contributed by atoms with E-state index in [-0.39, 0.29) is 12.5 Å². The van der Waals surface area contributed by atoms with Gasteiger partial charge in [-0.25, -0.2) is 4.79 Å². The van der Waals surface area contributed by atoms with Gasteiger partial charge in [0, 0.05) is 12.1 Å². The van der Waals surface area contributed by atoms with Gasteiger partial charge in [0.1, 0.15) is 5.60 Å². The smallest absolute Gasteiger partial charge is 0.414 e. The van der Waals surface area contributed by atoms with E-state index in [9.17, 15) is 9.90 Å². The number of hydrogen-bond acceptors (Lipinski definition) is 3. The van der Waals surface area contributed by atoms with Crippen LogP contribution in [0.3, 0.4) is 0 Å². The lowest BCUT2D eigenvalue weighted by atomic mass is 10.0. The number of hydrogen-bond donors (Lipinski definition) is 1. The summed E-state index contributed by atoms with van der Waals surface area (Å²) in [7, 11) is 0. The first-order valence-corrected chi connectivity index (χ1v) is 5.74. The molecule has 1 heterocycles. The van der Waals surface area contributed by atoms with Gasteiger partial charge in [-0.2, -0.15) is 0 Å². The van der Waals surface area contributed by atoms with Gasteiger partial charge in [-0.3, -0.25) is 4.90 Å². The lowest BCUT2D eigenvalue weighted by Gasteiger charge is -2.35. The highest BCUT2D eigenvalue weighted by molar-refractivity contribution is 6.18. The van der Waals surface area contributed by atoms with Crippen LogP contribution in [0, 0.1) is 0 Å². The third-order valence-electron chi connectivity index (χ3n) is 2.40. The first kappa shape index (κ1) is 13.3. The molecule has 0 aromatic rings. The van der Waals surface area contributed by atoms with Gasteiger partial charge in [0.2, 0.25) is 0 Å². The average Bonchev–Trinajstić information content (AvgIpc) is 2.59.